The highest BCUT2D eigenvalue weighted by Gasteiger charge is 2.19. The summed E-state index contributed by atoms with van der Waals surface area (Å²) in [5, 5.41) is 56.1. The number of hydrogen-bond donors (Lipinski definition) is 16. The van der Waals surface area contributed by atoms with Crippen LogP contribution in [0.3, 0.4) is 0 Å². The van der Waals surface area contributed by atoms with E-state index in [4.69, 9.17) is 44.6 Å². The first-order chi connectivity index (χ1) is 19.2. The highest BCUT2D eigenvalue weighted by Crippen LogP contribution is 2.06. The molecule has 0 saturated carbocycles. The van der Waals surface area contributed by atoms with Gasteiger partial charge in [-0.3, -0.25) is 21.6 Å². The maximum absolute atomic E-state index is 7.39. The van der Waals surface area contributed by atoms with Crippen LogP contribution in [0.15, 0.2) is 0 Å². The minimum Gasteiger partial charge on any atom is -0.370 e. The summed E-state index contributed by atoms with van der Waals surface area (Å²) in [6.45, 7) is 5.86. The van der Waals surface area contributed by atoms with Gasteiger partial charge in [-0.2, -0.15) is 0 Å². The van der Waals surface area contributed by atoms with E-state index in [1.807, 2.05) is 0 Å². The molecule has 1 heterocycles. The summed E-state index contributed by atoms with van der Waals surface area (Å²) in [5.74, 6) is -0.0365. The smallest absolute Gasteiger partial charge is 0.185 e. The van der Waals surface area contributed by atoms with Crippen LogP contribution in [0.5, 0.6) is 0 Å². The molecule has 1 aliphatic rings. The van der Waals surface area contributed by atoms with Gasteiger partial charge < -0.3 is 65.5 Å². The normalized spacial score (nSPS) is 22.2. The summed E-state index contributed by atoms with van der Waals surface area (Å²) in [4.78, 5) is 0. The molecule has 1 fully saturated rings. The summed E-state index contributed by atoms with van der Waals surface area (Å²) < 4.78 is 0. The Bertz CT molecular complexity index is 596. The lowest BCUT2D eigenvalue weighted by Crippen LogP contribution is -2.54. The van der Waals surface area contributed by atoms with Crippen LogP contribution in [-0.2, 0) is 0 Å². The molecule has 1 aliphatic heterocycles. The number of hydrogen-bond acceptors (Lipinski definition) is 8. The molecule has 0 radical (unpaired) electrons. The van der Waals surface area contributed by atoms with Crippen LogP contribution >= 0.6 is 0 Å². The number of guanidine groups is 4. The van der Waals surface area contributed by atoms with Crippen molar-refractivity contribution in [3.05, 3.63) is 0 Å². The van der Waals surface area contributed by atoms with Crippen molar-refractivity contribution in [1.82, 2.24) is 42.5 Å². The van der Waals surface area contributed by atoms with Crippen molar-refractivity contribution in [2.75, 3.05) is 52.4 Å². The van der Waals surface area contributed by atoms with Gasteiger partial charge in [-0.25, -0.2) is 0 Å². The Labute approximate surface area is 239 Å². The zero-order valence-corrected chi connectivity index (χ0v) is 23.9. The lowest BCUT2D eigenvalue weighted by molar-refractivity contribution is 0.316. The summed E-state index contributed by atoms with van der Waals surface area (Å²) in [6.07, 6.45) is 7.30. The summed E-state index contributed by atoms with van der Waals surface area (Å²) in [6, 6.07) is 0.997. The lowest BCUT2D eigenvalue weighted by atomic mass is 10.0. The fourth-order valence-corrected chi connectivity index (χ4v) is 4.63. The summed E-state index contributed by atoms with van der Waals surface area (Å²) >= 11 is 0. The molecule has 0 unspecified atom stereocenters. The first-order valence-electron chi connectivity index (χ1n) is 14.4. The number of rotatable bonds is 16. The van der Waals surface area contributed by atoms with Crippen LogP contribution < -0.4 is 65.5 Å². The van der Waals surface area contributed by atoms with Gasteiger partial charge in [0.15, 0.2) is 23.8 Å². The summed E-state index contributed by atoms with van der Waals surface area (Å²) in [7, 11) is 0. The number of nitrogens with two attached hydrogens (primary N) is 4. The second-order valence-electron chi connectivity index (χ2n) is 10.4. The minimum atomic E-state index is -0.00912. The zero-order chi connectivity index (χ0) is 29.6. The van der Waals surface area contributed by atoms with Gasteiger partial charge in [-0.1, -0.05) is 0 Å². The second-order valence-corrected chi connectivity index (χ2v) is 10.4. The van der Waals surface area contributed by atoms with Crippen LogP contribution in [0.1, 0.15) is 51.4 Å². The molecule has 0 amide bonds. The standard InChI is InChI=1S/C24H56N16/c25-21(26)33-9-1-5-17-13-38-19(7-3-11-35-23(29)30)15-40-20(8-4-12-36-24(31)32)16-39-18(14-37-17)6-2-10-34-22(27)28/h17-20,37-40H,1-16H2,(H4,25,26,33)(H4,27,28,34)(H4,29,30,35)(H4,31,32,36)/t17-,18-,19-,20-/m0/s1. The Morgan fingerprint density at radius 2 is 0.650 bits per heavy atom. The van der Waals surface area contributed by atoms with Crippen LogP contribution in [0.25, 0.3) is 0 Å². The molecule has 232 valence electrons. The fraction of sp³-hybridized carbons (Fsp3) is 0.833. The Morgan fingerprint density at radius 3 is 0.825 bits per heavy atom. The van der Waals surface area contributed by atoms with Crippen molar-refractivity contribution in [3.8, 4) is 0 Å². The molecule has 0 aromatic heterocycles. The van der Waals surface area contributed by atoms with Crippen molar-refractivity contribution in [2.45, 2.75) is 75.5 Å². The second kappa shape index (κ2) is 21.7. The van der Waals surface area contributed by atoms with E-state index in [2.05, 4.69) is 42.5 Å². The van der Waals surface area contributed by atoms with Gasteiger partial charge in [0.05, 0.1) is 0 Å². The van der Waals surface area contributed by atoms with Gasteiger partial charge in [0, 0.05) is 76.5 Å². The average Bonchev–Trinajstić information content (AvgIpc) is 2.88. The van der Waals surface area contributed by atoms with Gasteiger partial charge in [0.1, 0.15) is 0 Å². The Balaban J connectivity index is 2.85. The lowest BCUT2D eigenvalue weighted by Gasteiger charge is -2.31. The largest absolute Gasteiger partial charge is 0.370 e. The van der Waals surface area contributed by atoms with Crippen LogP contribution in [0.2, 0.25) is 0 Å². The zero-order valence-electron chi connectivity index (χ0n) is 23.9. The highest BCUT2D eigenvalue weighted by molar-refractivity contribution is 5.75. The van der Waals surface area contributed by atoms with E-state index in [1.54, 1.807) is 0 Å². The fourth-order valence-electron chi connectivity index (χ4n) is 4.63. The highest BCUT2D eigenvalue weighted by atomic mass is 15.1. The Kier molecular flexibility index (Phi) is 19.0. The van der Waals surface area contributed by atoms with E-state index in [0.717, 1.165) is 77.5 Å². The van der Waals surface area contributed by atoms with E-state index in [9.17, 15) is 0 Å². The van der Waals surface area contributed by atoms with Gasteiger partial charge in [0.25, 0.3) is 0 Å². The molecule has 4 atom stereocenters. The van der Waals surface area contributed by atoms with E-state index in [0.29, 0.717) is 26.2 Å². The van der Waals surface area contributed by atoms with Crippen LogP contribution in [-0.4, -0.2) is 100 Å². The molecule has 16 heteroatoms. The Morgan fingerprint density at radius 1 is 0.450 bits per heavy atom. The minimum absolute atomic E-state index is 0.00912. The average molecular weight is 569 g/mol. The molecular weight excluding hydrogens is 512 g/mol. The van der Waals surface area contributed by atoms with Crippen molar-refractivity contribution < 1.29 is 0 Å². The van der Waals surface area contributed by atoms with Crippen molar-refractivity contribution in [3.63, 3.8) is 0 Å². The quantitative estimate of drug-likeness (QED) is 0.0500. The van der Waals surface area contributed by atoms with Crippen molar-refractivity contribution in [2.24, 2.45) is 22.9 Å². The van der Waals surface area contributed by atoms with Gasteiger partial charge in [-0.05, 0) is 51.4 Å². The maximum Gasteiger partial charge on any atom is 0.185 e. The molecule has 0 aromatic carbocycles. The molecule has 16 nitrogen and oxygen atoms in total. The Hall–Kier alpha value is -3.08. The molecular formula is C24H56N16. The third-order valence-electron chi connectivity index (χ3n) is 6.79. The first-order valence-corrected chi connectivity index (χ1v) is 14.4. The predicted molar refractivity (Wildman–Crippen MR) is 164 cm³/mol. The van der Waals surface area contributed by atoms with E-state index in [-0.39, 0.29) is 48.0 Å². The molecule has 0 aliphatic carbocycles. The summed E-state index contributed by atoms with van der Waals surface area (Å²) in [5.41, 5.74) is 21.8. The van der Waals surface area contributed by atoms with E-state index < -0.39 is 0 Å². The third kappa shape index (κ3) is 19.9. The molecule has 40 heavy (non-hydrogen) atoms. The van der Waals surface area contributed by atoms with Gasteiger partial charge in [-0.15, -0.1) is 0 Å². The van der Waals surface area contributed by atoms with Gasteiger partial charge in [0.2, 0.25) is 0 Å². The van der Waals surface area contributed by atoms with E-state index in [1.165, 1.54) is 0 Å². The number of nitrogens with one attached hydrogen (secondary N) is 12. The van der Waals surface area contributed by atoms with Crippen molar-refractivity contribution in [1.29, 1.82) is 21.6 Å². The molecule has 20 N–H and O–H groups in total. The topological polar surface area (TPSA) is 296 Å². The van der Waals surface area contributed by atoms with Crippen LogP contribution in [0.4, 0.5) is 0 Å². The SMILES string of the molecule is N=C(N)NCCC[C@H]1CN[C@@H](CCCNC(=N)N)CN[C@@H](CCCNC(=N)N)CN[C@@H](CCCNC(=N)N)CN1. The van der Waals surface area contributed by atoms with Gasteiger partial charge >= 0.3 is 0 Å². The van der Waals surface area contributed by atoms with Crippen LogP contribution in [0, 0.1) is 21.6 Å². The maximum atomic E-state index is 7.39. The predicted octanol–water partition coefficient (Wildman–Crippen LogP) is -3.11. The van der Waals surface area contributed by atoms with E-state index >= 15 is 0 Å². The molecule has 1 rings (SSSR count). The molecule has 0 aromatic rings. The monoisotopic (exact) mass is 568 g/mol. The molecule has 0 spiro atoms. The third-order valence-corrected chi connectivity index (χ3v) is 6.79. The molecule has 0 bridgehead atoms. The first kappa shape index (κ1) is 34.9. The molecule has 1 saturated heterocycles. The van der Waals surface area contributed by atoms with Crippen molar-refractivity contribution >= 4 is 23.8 Å².